The molecule has 21 heavy (non-hydrogen) atoms. The van der Waals surface area contributed by atoms with Gasteiger partial charge in [-0.2, -0.15) is 0 Å². The van der Waals surface area contributed by atoms with E-state index in [4.69, 9.17) is 21.1 Å². The number of nitrogens with one attached hydrogen (secondary N) is 1. The summed E-state index contributed by atoms with van der Waals surface area (Å²) in [4.78, 5) is 10.6. The molecule has 0 atom stereocenters. The van der Waals surface area contributed by atoms with Crippen molar-refractivity contribution < 1.29 is 22.7 Å². The van der Waals surface area contributed by atoms with E-state index in [-0.39, 0.29) is 28.0 Å². The zero-order valence-electron chi connectivity index (χ0n) is 11.0. The Morgan fingerprint density at radius 1 is 1.33 bits per heavy atom. The molecule has 0 amide bonds. The first kappa shape index (κ1) is 15.6. The average molecular weight is 330 g/mol. The normalized spacial score (nSPS) is 11.5. The van der Waals surface area contributed by atoms with E-state index in [0.717, 1.165) is 5.56 Å². The third-order valence-electron chi connectivity index (χ3n) is 2.69. The van der Waals surface area contributed by atoms with Crippen molar-refractivity contribution in [1.82, 2.24) is 4.72 Å². The van der Waals surface area contributed by atoms with Gasteiger partial charge in [0.2, 0.25) is 15.8 Å². The lowest BCUT2D eigenvalue weighted by molar-refractivity contribution is 0.0660. The van der Waals surface area contributed by atoms with Gasteiger partial charge in [-0.3, -0.25) is 0 Å². The lowest BCUT2D eigenvalue weighted by Crippen LogP contribution is -2.23. The van der Waals surface area contributed by atoms with Crippen molar-refractivity contribution in [2.75, 3.05) is 0 Å². The number of carbonyl (C=O) groups is 1. The highest BCUT2D eigenvalue weighted by molar-refractivity contribution is 7.89. The van der Waals surface area contributed by atoms with Gasteiger partial charge in [-0.15, -0.1) is 0 Å². The highest BCUT2D eigenvalue weighted by atomic mass is 35.5. The van der Waals surface area contributed by atoms with Gasteiger partial charge in [0.25, 0.3) is 0 Å². The van der Waals surface area contributed by atoms with Crippen molar-refractivity contribution in [2.24, 2.45) is 0 Å². The topological polar surface area (TPSA) is 96.6 Å². The number of carboxylic acid groups (broad SMARTS) is 1. The Labute approximate surface area is 126 Å². The van der Waals surface area contributed by atoms with Crippen LogP contribution in [0.1, 0.15) is 21.9 Å². The molecule has 0 saturated carbocycles. The second-order valence-electron chi connectivity index (χ2n) is 4.33. The molecule has 0 aliphatic heterocycles. The smallest absolute Gasteiger partial charge is 0.371 e. The average Bonchev–Trinajstić information content (AvgIpc) is 2.85. The van der Waals surface area contributed by atoms with E-state index in [1.54, 1.807) is 19.1 Å². The maximum Gasteiger partial charge on any atom is 0.371 e. The predicted octanol–water partition coefficient (Wildman–Crippen LogP) is 2.42. The minimum Gasteiger partial charge on any atom is -0.475 e. The van der Waals surface area contributed by atoms with Gasteiger partial charge in [-0.1, -0.05) is 17.7 Å². The van der Waals surface area contributed by atoms with Crippen molar-refractivity contribution in [2.45, 2.75) is 18.4 Å². The number of furan rings is 1. The van der Waals surface area contributed by atoms with Crippen molar-refractivity contribution in [3.8, 4) is 0 Å². The van der Waals surface area contributed by atoms with Crippen LogP contribution in [0.2, 0.25) is 5.02 Å². The predicted molar refractivity (Wildman–Crippen MR) is 75.9 cm³/mol. The largest absolute Gasteiger partial charge is 0.475 e. The minimum absolute atomic E-state index is 0.0419. The van der Waals surface area contributed by atoms with Gasteiger partial charge >= 0.3 is 5.97 Å². The van der Waals surface area contributed by atoms with Crippen LogP contribution in [-0.2, 0) is 16.6 Å². The van der Waals surface area contributed by atoms with E-state index in [1.165, 1.54) is 18.2 Å². The van der Waals surface area contributed by atoms with E-state index < -0.39 is 16.0 Å². The monoisotopic (exact) mass is 329 g/mol. The summed E-state index contributed by atoms with van der Waals surface area (Å²) in [6.45, 7) is 1.63. The van der Waals surface area contributed by atoms with Crippen LogP contribution >= 0.6 is 11.6 Å². The first-order valence-corrected chi connectivity index (χ1v) is 7.73. The summed E-state index contributed by atoms with van der Waals surface area (Å²) in [5, 5.41) is 8.84. The fourth-order valence-corrected chi connectivity index (χ4v) is 3.25. The molecular formula is C13H12ClNO5S. The molecule has 0 radical (unpaired) electrons. The highest BCUT2D eigenvalue weighted by Crippen LogP contribution is 2.22. The van der Waals surface area contributed by atoms with Crippen molar-refractivity contribution in [3.63, 3.8) is 0 Å². The molecule has 1 aromatic heterocycles. The summed E-state index contributed by atoms with van der Waals surface area (Å²) in [6, 6.07) is 7.24. The van der Waals surface area contributed by atoms with Crippen LogP contribution < -0.4 is 4.72 Å². The molecule has 2 N–H and O–H groups in total. The number of hydrogen-bond donors (Lipinski definition) is 2. The summed E-state index contributed by atoms with van der Waals surface area (Å²) in [5.74, 6) is -1.28. The Balaban J connectivity index is 2.15. The van der Waals surface area contributed by atoms with Crippen LogP contribution in [0.4, 0.5) is 0 Å². The molecule has 112 valence electrons. The maximum absolute atomic E-state index is 12.1. The number of carboxylic acids is 1. The number of halogens is 1. The summed E-state index contributed by atoms with van der Waals surface area (Å²) >= 11 is 5.92. The molecule has 1 heterocycles. The SMILES string of the molecule is Cc1ccc(S(=O)(=O)NCc2ccc(C(=O)O)o2)c(Cl)c1. The van der Waals surface area contributed by atoms with Crippen LogP contribution in [0.3, 0.4) is 0 Å². The minimum atomic E-state index is -3.81. The molecule has 2 aromatic rings. The quantitative estimate of drug-likeness (QED) is 0.878. The Hall–Kier alpha value is -1.83. The molecule has 2 rings (SSSR count). The molecule has 0 spiro atoms. The first-order chi connectivity index (χ1) is 9.79. The second-order valence-corrected chi connectivity index (χ2v) is 6.47. The number of hydrogen-bond acceptors (Lipinski definition) is 4. The number of aryl methyl sites for hydroxylation is 1. The Morgan fingerprint density at radius 3 is 2.62 bits per heavy atom. The van der Waals surface area contributed by atoms with E-state index in [2.05, 4.69) is 4.72 Å². The summed E-state index contributed by atoms with van der Waals surface area (Å²) in [6.07, 6.45) is 0. The molecule has 0 unspecified atom stereocenters. The zero-order valence-corrected chi connectivity index (χ0v) is 12.5. The van der Waals surface area contributed by atoms with Gasteiger partial charge in [0, 0.05) is 0 Å². The first-order valence-electron chi connectivity index (χ1n) is 5.87. The number of sulfonamides is 1. The zero-order chi connectivity index (χ0) is 15.6. The van der Waals surface area contributed by atoms with Crippen LogP contribution in [-0.4, -0.2) is 19.5 Å². The molecule has 0 aliphatic carbocycles. The van der Waals surface area contributed by atoms with Crippen molar-refractivity contribution in [3.05, 3.63) is 52.4 Å². The van der Waals surface area contributed by atoms with Crippen LogP contribution in [0.5, 0.6) is 0 Å². The Bertz CT molecular complexity index is 782. The molecular weight excluding hydrogens is 318 g/mol. The maximum atomic E-state index is 12.1. The standard InChI is InChI=1S/C13H12ClNO5S/c1-8-2-5-12(10(14)6-8)21(18,19)15-7-9-3-4-11(20-9)13(16)17/h2-6,15H,7H2,1H3,(H,16,17). The number of rotatable bonds is 5. The van der Waals surface area contributed by atoms with Gasteiger partial charge in [-0.25, -0.2) is 17.9 Å². The Morgan fingerprint density at radius 2 is 2.05 bits per heavy atom. The van der Waals surface area contributed by atoms with Crippen LogP contribution in [0, 0.1) is 6.92 Å². The molecule has 1 aromatic carbocycles. The third kappa shape index (κ3) is 3.63. The van der Waals surface area contributed by atoms with Crippen LogP contribution in [0.25, 0.3) is 0 Å². The fraction of sp³-hybridized carbons (Fsp3) is 0.154. The van der Waals surface area contributed by atoms with Crippen LogP contribution in [0.15, 0.2) is 39.6 Å². The lowest BCUT2D eigenvalue weighted by Gasteiger charge is -2.07. The van der Waals surface area contributed by atoms with Crippen molar-refractivity contribution in [1.29, 1.82) is 0 Å². The number of benzene rings is 1. The van der Waals surface area contributed by atoms with Gasteiger partial charge in [-0.05, 0) is 36.8 Å². The molecule has 8 heteroatoms. The summed E-state index contributed by atoms with van der Waals surface area (Å²) in [5.41, 5.74) is 0.844. The highest BCUT2D eigenvalue weighted by Gasteiger charge is 2.18. The second kappa shape index (κ2) is 5.88. The summed E-state index contributed by atoms with van der Waals surface area (Å²) < 4.78 is 31.5. The van der Waals surface area contributed by atoms with Gasteiger partial charge in [0.15, 0.2) is 0 Å². The van der Waals surface area contributed by atoms with E-state index >= 15 is 0 Å². The molecule has 0 saturated heterocycles. The van der Waals surface area contributed by atoms with E-state index in [9.17, 15) is 13.2 Å². The molecule has 6 nitrogen and oxygen atoms in total. The number of aromatic carboxylic acids is 1. The Kier molecular flexibility index (Phi) is 4.36. The van der Waals surface area contributed by atoms with E-state index in [1.807, 2.05) is 0 Å². The molecule has 0 fully saturated rings. The molecule has 0 bridgehead atoms. The molecule has 0 aliphatic rings. The summed E-state index contributed by atoms with van der Waals surface area (Å²) in [7, 11) is -3.81. The fourth-order valence-electron chi connectivity index (χ4n) is 1.66. The van der Waals surface area contributed by atoms with Gasteiger partial charge < -0.3 is 9.52 Å². The van der Waals surface area contributed by atoms with E-state index in [0.29, 0.717) is 0 Å². The van der Waals surface area contributed by atoms with Gasteiger partial charge in [0.05, 0.1) is 11.6 Å². The van der Waals surface area contributed by atoms with Crippen molar-refractivity contribution >= 4 is 27.6 Å². The third-order valence-corrected chi connectivity index (χ3v) is 4.57. The lowest BCUT2D eigenvalue weighted by atomic mass is 10.2. The van der Waals surface area contributed by atoms with Gasteiger partial charge in [0.1, 0.15) is 10.7 Å².